The maximum absolute atomic E-state index is 11.4. The van der Waals surface area contributed by atoms with Gasteiger partial charge in [0.15, 0.2) is 0 Å². The zero-order valence-corrected chi connectivity index (χ0v) is 7.19. The monoisotopic (exact) mass is 192 g/mol. The Bertz CT molecular complexity index is 392. The van der Waals surface area contributed by atoms with Crippen molar-refractivity contribution in [3.63, 3.8) is 0 Å². The SMILES string of the molecule is O=C(NCc1cn[nH]n1)c1cn[nH]c1. The summed E-state index contributed by atoms with van der Waals surface area (Å²) in [4.78, 5) is 11.4. The molecule has 14 heavy (non-hydrogen) atoms. The van der Waals surface area contributed by atoms with E-state index in [9.17, 15) is 4.79 Å². The highest BCUT2D eigenvalue weighted by atomic mass is 16.1. The third kappa shape index (κ3) is 1.76. The molecule has 0 aliphatic heterocycles. The van der Waals surface area contributed by atoms with Gasteiger partial charge in [0.25, 0.3) is 5.91 Å². The molecule has 0 fully saturated rings. The van der Waals surface area contributed by atoms with Crippen molar-refractivity contribution in [2.24, 2.45) is 0 Å². The predicted molar refractivity (Wildman–Crippen MR) is 46.1 cm³/mol. The second kappa shape index (κ2) is 3.69. The molecular formula is C7H8N6O. The van der Waals surface area contributed by atoms with E-state index in [1.165, 1.54) is 12.4 Å². The first-order valence-corrected chi connectivity index (χ1v) is 3.98. The maximum atomic E-state index is 11.4. The van der Waals surface area contributed by atoms with Crippen LogP contribution < -0.4 is 5.32 Å². The van der Waals surface area contributed by atoms with Crippen LogP contribution >= 0.6 is 0 Å². The normalized spacial score (nSPS) is 10.0. The molecule has 3 N–H and O–H groups in total. The summed E-state index contributed by atoms with van der Waals surface area (Å²) < 4.78 is 0. The van der Waals surface area contributed by atoms with Crippen LogP contribution in [-0.4, -0.2) is 31.5 Å². The van der Waals surface area contributed by atoms with Crippen molar-refractivity contribution in [2.75, 3.05) is 0 Å². The second-order valence-electron chi connectivity index (χ2n) is 2.63. The molecule has 0 aromatic carbocycles. The summed E-state index contributed by atoms with van der Waals surface area (Å²) in [6.07, 6.45) is 4.53. The number of amides is 1. The van der Waals surface area contributed by atoms with E-state index in [2.05, 4.69) is 30.9 Å². The fraction of sp³-hybridized carbons (Fsp3) is 0.143. The van der Waals surface area contributed by atoms with Gasteiger partial charge in [-0.3, -0.25) is 9.89 Å². The highest BCUT2D eigenvalue weighted by Crippen LogP contribution is 1.94. The Balaban J connectivity index is 1.90. The van der Waals surface area contributed by atoms with Crippen LogP contribution in [0, 0.1) is 0 Å². The standard InChI is InChI=1S/C7H8N6O/c14-7(5-1-9-10-2-5)8-3-6-4-11-13-12-6/h1-2,4H,3H2,(H,8,14)(H,9,10)(H,11,12,13). The minimum Gasteiger partial charge on any atom is -0.346 e. The van der Waals surface area contributed by atoms with E-state index in [-0.39, 0.29) is 5.91 Å². The number of hydrogen-bond acceptors (Lipinski definition) is 4. The van der Waals surface area contributed by atoms with Gasteiger partial charge < -0.3 is 5.32 Å². The Labute approximate surface area is 78.9 Å². The molecule has 0 saturated carbocycles. The third-order valence-electron chi connectivity index (χ3n) is 1.66. The second-order valence-corrected chi connectivity index (χ2v) is 2.63. The predicted octanol–water partition coefficient (Wildman–Crippen LogP) is -0.542. The third-order valence-corrected chi connectivity index (χ3v) is 1.66. The first-order chi connectivity index (χ1) is 6.86. The molecule has 0 radical (unpaired) electrons. The first kappa shape index (κ1) is 8.42. The van der Waals surface area contributed by atoms with Crippen molar-refractivity contribution in [3.8, 4) is 0 Å². The van der Waals surface area contributed by atoms with Gasteiger partial charge in [-0.1, -0.05) is 0 Å². The highest BCUT2D eigenvalue weighted by molar-refractivity contribution is 5.93. The van der Waals surface area contributed by atoms with Gasteiger partial charge in [0, 0.05) is 6.20 Å². The molecule has 2 aromatic heterocycles. The minimum absolute atomic E-state index is 0.193. The van der Waals surface area contributed by atoms with Gasteiger partial charge in [-0.25, -0.2) is 0 Å². The number of aromatic amines is 2. The van der Waals surface area contributed by atoms with Crippen LogP contribution in [0.3, 0.4) is 0 Å². The molecular weight excluding hydrogens is 184 g/mol. The van der Waals surface area contributed by atoms with E-state index < -0.39 is 0 Å². The summed E-state index contributed by atoms with van der Waals surface area (Å²) in [6, 6.07) is 0. The number of aromatic nitrogens is 5. The zero-order valence-electron chi connectivity index (χ0n) is 7.19. The molecule has 7 nitrogen and oxygen atoms in total. The Morgan fingerprint density at radius 3 is 3.00 bits per heavy atom. The highest BCUT2D eigenvalue weighted by Gasteiger charge is 2.06. The molecule has 2 aromatic rings. The molecule has 0 atom stereocenters. The summed E-state index contributed by atoms with van der Waals surface area (Å²) in [5.74, 6) is -0.193. The minimum atomic E-state index is -0.193. The van der Waals surface area contributed by atoms with Gasteiger partial charge in [0.2, 0.25) is 0 Å². The van der Waals surface area contributed by atoms with Crippen LogP contribution in [0.15, 0.2) is 18.6 Å². The van der Waals surface area contributed by atoms with Crippen molar-refractivity contribution < 1.29 is 4.79 Å². The van der Waals surface area contributed by atoms with Crippen LogP contribution in [0.25, 0.3) is 0 Å². The summed E-state index contributed by atoms with van der Waals surface area (Å²) in [7, 11) is 0. The van der Waals surface area contributed by atoms with Gasteiger partial charge in [-0.15, -0.1) is 0 Å². The molecule has 2 rings (SSSR count). The smallest absolute Gasteiger partial charge is 0.254 e. The number of carbonyl (C=O) groups is 1. The number of hydrogen-bond donors (Lipinski definition) is 3. The zero-order chi connectivity index (χ0) is 9.80. The molecule has 0 aliphatic carbocycles. The van der Waals surface area contributed by atoms with Crippen LogP contribution in [0.1, 0.15) is 16.1 Å². The number of carbonyl (C=O) groups excluding carboxylic acids is 1. The summed E-state index contributed by atoms with van der Waals surface area (Å²) in [5.41, 5.74) is 1.18. The van der Waals surface area contributed by atoms with Gasteiger partial charge in [0.05, 0.1) is 24.5 Å². The number of rotatable bonds is 3. The van der Waals surface area contributed by atoms with E-state index in [4.69, 9.17) is 0 Å². The molecule has 0 unspecified atom stereocenters. The Morgan fingerprint density at radius 1 is 1.43 bits per heavy atom. The Hall–Kier alpha value is -2.18. The van der Waals surface area contributed by atoms with E-state index in [0.717, 1.165) is 0 Å². The Kier molecular flexibility index (Phi) is 2.22. The summed E-state index contributed by atoms with van der Waals surface area (Å²) in [5, 5.41) is 18.8. The number of nitrogens with zero attached hydrogens (tertiary/aromatic N) is 3. The summed E-state index contributed by atoms with van der Waals surface area (Å²) in [6.45, 7) is 0.348. The lowest BCUT2D eigenvalue weighted by Gasteiger charge is -1.98. The quantitative estimate of drug-likeness (QED) is 0.608. The topological polar surface area (TPSA) is 99.3 Å². The van der Waals surface area contributed by atoms with Crippen LogP contribution in [0.2, 0.25) is 0 Å². The van der Waals surface area contributed by atoms with Crippen molar-refractivity contribution in [3.05, 3.63) is 29.8 Å². The lowest BCUT2D eigenvalue weighted by Crippen LogP contribution is -2.22. The molecule has 0 aliphatic rings. The van der Waals surface area contributed by atoms with Gasteiger partial charge in [-0.2, -0.15) is 20.5 Å². The maximum Gasteiger partial charge on any atom is 0.254 e. The summed E-state index contributed by atoms with van der Waals surface area (Å²) >= 11 is 0. The molecule has 0 bridgehead atoms. The first-order valence-electron chi connectivity index (χ1n) is 3.98. The van der Waals surface area contributed by atoms with E-state index >= 15 is 0 Å². The molecule has 1 amide bonds. The molecule has 0 saturated heterocycles. The fourth-order valence-electron chi connectivity index (χ4n) is 0.958. The average Bonchev–Trinajstić information content (AvgIpc) is 2.87. The molecule has 7 heteroatoms. The lowest BCUT2D eigenvalue weighted by molar-refractivity contribution is 0.0950. The fourth-order valence-corrected chi connectivity index (χ4v) is 0.958. The van der Waals surface area contributed by atoms with E-state index in [1.54, 1.807) is 6.20 Å². The van der Waals surface area contributed by atoms with Crippen molar-refractivity contribution in [1.29, 1.82) is 0 Å². The largest absolute Gasteiger partial charge is 0.346 e. The van der Waals surface area contributed by atoms with Crippen LogP contribution in [0.5, 0.6) is 0 Å². The number of nitrogens with one attached hydrogen (secondary N) is 3. The number of H-pyrrole nitrogens is 2. The average molecular weight is 192 g/mol. The van der Waals surface area contributed by atoms with Crippen molar-refractivity contribution in [2.45, 2.75) is 6.54 Å². The molecule has 72 valence electrons. The van der Waals surface area contributed by atoms with Gasteiger partial charge >= 0.3 is 0 Å². The molecule has 0 spiro atoms. The van der Waals surface area contributed by atoms with Crippen LogP contribution in [0.4, 0.5) is 0 Å². The van der Waals surface area contributed by atoms with E-state index in [1.807, 2.05) is 0 Å². The van der Waals surface area contributed by atoms with Gasteiger partial charge in [0.1, 0.15) is 5.69 Å². The lowest BCUT2D eigenvalue weighted by atomic mass is 10.3. The van der Waals surface area contributed by atoms with Gasteiger partial charge in [-0.05, 0) is 0 Å². The van der Waals surface area contributed by atoms with Crippen molar-refractivity contribution in [1.82, 2.24) is 30.9 Å². The molecule has 2 heterocycles. The Morgan fingerprint density at radius 2 is 2.36 bits per heavy atom. The van der Waals surface area contributed by atoms with Crippen molar-refractivity contribution >= 4 is 5.91 Å². The van der Waals surface area contributed by atoms with Crippen LogP contribution in [-0.2, 0) is 6.54 Å². The van der Waals surface area contributed by atoms with E-state index in [0.29, 0.717) is 17.8 Å².